The fraction of sp³-hybridized carbons (Fsp3) is 0.381. The Labute approximate surface area is 206 Å². The van der Waals surface area contributed by atoms with Crippen LogP contribution in [0.2, 0.25) is 0 Å². The molecule has 2 aromatic rings. The molecule has 200 valence electrons. The van der Waals surface area contributed by atoms with E-state index >= 15 is 0 Å². The third-order valence-electron chi connectivity index (χ3n) is 5.31. The number of aromatic nitrogens is 2. The number of halogens is 2. The van der Waals surface area contributed by atoms with Gasteiger partial charge in [-0.25, -0.2) is 14.4 Å². The van der Waals surface area contributed by atoms with Crippen molar-refractivity contribution in [1.82, 2.24) is 14.9 Å². The number of amides is 2. The average Bonchev–Trinajstić information content (AvgIpc) is 3.09. The first-order valence-corrected chi connectivity index (χ1v) is 10.6. The van der Waals surface area contributed by atoms with E-state index in [1.165, 1.54) is 0 Å². The summed E-state index contributed by atoms with van der Waals surface area (Å²) in [5.74, 6) is -6.73. The van der Waals surface area contributed by atoms with E-state index in [1.54, 1.807) is 30.3 Å². The molecule has 0 unspecified atom stereocenters. The van der Waals surface area contributed by atoms with Crippen LogP contribution in [0.1, 0.15) is 17.8 Å². The van der Waals surface area contributed by atoms with E-state index in [-0.39, 0.29) is 0 Å². The normalized spacial score (nSPS) is 22.0. The highest BCUT2D eigenvalue weighted by molar-refractivity contribution is 5.88. The topological polar surface area (TPSA) is 215 Å². The van der Waals surface area contributed by atoms with Crippen LogP contribution in [-0.2, 0) is 19.1 Å². The second-order valence-corrected chi connectivity index (χ2v) is 7.84. The number of hydrogen-bond acceptors (Lipinski definition) is 10. The number of anilines is 1. The lowest BCUT2D eigenvalue weighted by molar-refractivity contribution is -0.143. The Bertz CT molecular complexity index is 1200. The number of carboxylic acids is 1. The maximum absolute atomic E-state index is 14.2. The number of aliphatic hydroxyl groups excluding tert-OH is 2. The first-order chi connectivity index (χ1) is 17.4. The molecular weight excluding hydrogens is 504 g/mol. The Hall–Kier alpha value is -3.99. The van der Waals surface area contributed by atoms with E-state index in [0.29, 0.717) is 10.1 Å². The second kappa shape index (κ2) is 11.4. The van der Waals surface area contributed by atoms with Gasteiger partial charge in [0, 0.05) is 6.20 Å². The largest absolute Gasteiger partial charge is 0.480 e. The molecule has 2 amide bonds. The minimum atomic E-state index is -3.92. The van der Waals surface area contributed by atoms with Crippen LogP contribution in [0.3, 0.4) is 0 Å². The summed E-state index contributed by atoms with van der Waals surface area (Å²) in [6.07, 6.45) is -6.73. The fourth-order valence-corrected chi connectivity index (χ4v) is 3.33. The van der Waals surface area contributed by atoms with Crippen LogP contribution in [-0.4, -0.2) is 80.2 Å². The van der Waals surface area contributed by atoms with Crippen molar-refractivity contribution in [1.29, 1.82) is 0 Å². The molecule has 1 aliphatic heterocycles. The quantitative estimate of drug-likeness (QED) is 0.231. The molecule has 1 saturated heterocycles. The van der Waals surface area contributed by atoms with Crippen LogP contribution in [0.5, 0.6) is 0 Å². The molecular formula is C21H23F2N5O9. The van der Waals surface area contributed by atoms with E-state index < -0.39 is 79.1 Å². The molecule has 37 heavy (non-hydrogen) atoms. The number of carbonyl (C=O) groups is 3. The lowest BCUT2D eigenvalue weighted by Crippen LogP contribution is -2.47. The lowest BCUT2D eigenvalue weighted by Gasteiger charge is -2.21. The van der Waals surface area contributed by atoms with E-state index in [4.69, 9.17) is 20.3 Å². The molecule has 5 atom stereocenters. The van der Waals surface area contributed by atoms with Gasteiger partial charge in [0.2, 0.25) is 12.1 Å². The number of ether oxygens (including phenoxy) is 2. The average molecular weight is 527 g/mol. The predicted molar refractivity (Wildman–Crippen MR) is 118 cm³/mol. The summed E-state index contributed by atoms with van der Waals surface area (Å²) in [5, 5.41) is 32.1. The first-order valence-electron chi connectivity index (χ1n) is 10.6. The van der Waals surface area contributed by atoms with Gasteiger partial charge in [0.25, 0.3) is 0 Å². The third kappa shape index (κ3) is 6.23. The van der Waals surface area contributed by atoms with Crippen molar-refractivity contribution in [3.63, 3.8) is 0 Å². The van der Waals surface area contributed by atoms with Gasteiger partial charge in [-0.2, -0.15) is 13.8 Å². The molecule has 0 bridgehead atoms. The number of nitrogens with zero attached hydrogens (tertiary/aromatic N) is 2. The standard InChI is InChI=1S/C21H23F2N5O9/c22-21(23)15(30)12(8-29)37-18(21)28-7-6-13(26-19(28)34)27-20(35)36-9-11(17(32)33)25-16(31)14(24)10-4-2-1-3-5-10/h1-7,11-12,14-15,18,29-30H,8-9,24H2,(H,25,31)(H,32,33)(H,26,27,34,35)/t11-,12+,14-,15+,18+/m0/s1. The molecule has 1 aliphatic rings. The molecule has 3 rings (SSSR count). The maximum atomic E-state index is 14.2. The summed E-state index contributed by atoms with van der Waals surface area (Å²) < 4.78 is 38.5. The Morgan fingerprint density at radius 3 is 2.49 bits per heavy atom. The van der Waals surface area contributed by atoms with Gasteiger partial charge in [0.05, 0.1) is 6.61 Å². The molecule has 16 heteroatoms. The van der Waals surface area contributed by atoms with Crippen molar-refractivity contribution in [3.05, 3.63) is 58.6 Å². The van der Waals surface area contributed by atoms with Gasteiger partial charge >= 0.3 is 23.7 Å². The molecule has 7 N–H and O–H groups in total. The van der Waals surface area contributed by atoms with Crippen LogP contribution in [0, 0.1) is 0 Å². The van der Waals surface area contributed by atoms with Crippen molar-refractivity contribution in [2.24, 2.45) is 5.73 Å². The van der Waals surface area contributed by atoms with E-state index in [1.807, 2.05) is 5.32 Å². The fourth-order valence-electron chi connectivity index (χ4n) is 3.33. The number of rotatable bonds is 9. The highest BCUT2D eigenvalue weighted by Gasteiger charge is 2.59. The van der Waals surface area contributed by atoms with Gasteiger partial charge in [0.1, 0.15) is 24.6 Å². The van der Waals surface area contributed by atoms with Crippen molar-refractivity contribution < 1.29 is 48.0 Å². The third-order valence-corrected chi connectivity index (χ3v) is 5.31. The minimum Gasteiger partial charge on any atom is -0.480 e. The maximum Gasteiger partial charge on any atom is 0.412 e. The van der Waals surface area contributed by atoms with Gasteiger partial charge < -0.3 is 35.8 Å². The molecule has 1 aromatic heterocycles. The number of alkyl halides is 2. The van der Waals surface area contributed by atoms with Crippen molar-refractivity contribution >= 4 is 23.8 Å². The predicted octanol–water partition coefficient (Wildman–Crippen LogP) is -1.05. The smallest absolute Gasteiger partial charge is 0.412 e. The van der Waals surface area contributed by atoms with E-state index in [2.05, 4.69) is 10.3 Å². The van der Waals surface area contributed by atoms with Gasteiger partial charge in [-0.3, -0.25) is 14.7 Å². The van der Waals surface area contributed by atoms with E-state index in [9.17, 15) is 38.2 Å². The van der Waals surface area contributed by atoms with Crippen LogP contribution >= 0.6 is 0 Å². The number of aliphatic carboxylic acids is 1. The molecule has 0 spiro atoms. The zero-order valence-electron chi connectivity index (χ0n) is 18.9. The first kappa shape index (κ1) is 27.6. The van der Waals surface area contributed by atoms with Gasteiger partial charge in [-0.15, -0.1) is 0 Å². The summed E-state index contributed by atoms with van der Waals surface area (Å²) >= 11 is 0. The Morgan fingerprint density at radius 2 is 1.92 bits per heavy atom. The minimum absolute atomic E-state index is 0.362. The Morgan fingerprint density at radius 1 is 1.24 bits per heavy atom. The lowest BCUT2D eigenvalue weighted by atomic mass is 10.1. The van der Waals surface area contributed by atoms with Crippen LogP contribution in [0.15, 0.2) is 47.4 Å². The highest BCUT2D eigenvalue weighted by atomic mass is 19.3. The van der Waals surface area contributed by atoms with Crippen LogP contribution < -0.4 is 22.1 Å². The summed E-state index contributed by atoms with van der Waals surface area (Å²) in [7, 11) is 0. The van der Waals surface area contributed by atoms with Gasteiger partial charge in [-0.1, -0.05) is 30.3 Å². The Balaban J connectivity index is 1.59. The molecule has 14 nitrogen and oxygen atoms in total. The molecule has 0 aliphatic carbocycles. The van der Waals surface area contributed by atoms with Crippen LogP contribution in [0.4, 0.5) is 19.4 Å². The number of nitrogens with one attached hydrogen (secondary N) is 2. The Kier molecular flexibility index (Phi) is 8.49. The molecule has 1 fully saturated rings. The number of hydrogen-bond donors (Lipinski definition) is 6. The number of nitrogens with two attached hydrogens (primary N) is 1. The van der Waals surface area contributed by atoms with Crippen molar-refractivity contribution in [2.45, 2.75) is 36.4 Å². The summed E-state index contributed by atoms with van der Waals surface area (Å²) in [5.41, 5.74) is 4.94. The molecule has 0 saturated carbocycles. The van der Waals surface area contributed by atoms with Crippen molar-refractivity contribution in [3.8, 4) is 0 Å². The SMILES string of the molecule is N[C@H](C(=O)N[C@@H](COC(=O)Nc1ccn([C@@H]2O[C@H](CO)[C@@H](O)C2(F)F)c(=O)n1)C(=O)O)c1ccccc1. The van der Waals surface area contributed by atoms with Gasteiger partial charge in [0.15, 0.2) is 12.1 Å². The summed E-state index contributed by atoms with van der Waals surface area (Å²) in [6.45, 7) is -1.75. The molecule has 2 heterocycles. The number of carbonyl (C=O) groups excluding carboxylic acids is 2. The number of benzene rings is 1. The highest BCUT2D eigenvalue weighted by Crippen LogP contribution is 2.41. The molecule has 1 aromatic carbocycles. The summed E-state index contributed by atoms with van der Waals surface area (Å²) in [6, 6.07) is 6.20. The number of aliphatic hydroxyl groups is 2. The van der Waals surface area contributed by atoms with E-state index in [0.717, 1.165) is 12.3 Å². The zero-order valence-corrected chi connectivity index (χ0v) is 18.9. The summed E-state index contributed by atoms with van der Waals surface area (Å²) in [4.78, 5) is 51.4. The molecule has 0 radical (unpaired) electrons. The van der Waals surface area contributed by atoms with Gasteiger partial charge in [-0.05, 0) is 11.6 Å². The second-order valence-electron chi connectivity index (χ2n) is 7.84. The van der Waals surface area contributed by atoms with Crippen LogP contribution in [0.25, 0.3) is 0 Å². The number of carboxylic acid groups (broad SMARTS) is 1. The monoisotopic (exact) mass is 527 g/mol. The van der Waals surface area contributed by atoms with Crippen molar-refractivity contribution in [2.75, 3.05) is 18.5 Å². The zero-order chi connectivity index (χ0) is 27.3.